The van der Waals surface area contributed by atoms with Gasteiger partial charge in [-0.2, -0.15) is 0 Å². The Morgan fingerprint density at radius 1 is 1.30 bits per heavy atom. The summed E-state index contributed by atoms with van der Waals surface area (Å²) < 4.78 is 17.0. The fourth-order valence-corrected chi connectivity index (χ4v) is 3.28. The van der Waals surface area contributed by atoms with Crippen LogP contribution in [0.1, 0.15) is 36.5 Å². The molecule has 7 heteroatoms. The largest absolute Gasteiger partial charge is 0.487 e. The van der Waals surface area contributed by atoms with E-state index in [1.807, 2.05) is 43.5 Å². The first-order valence-electron chi connectivity index (χ1n) is 8.63. The molecule has 27 heavy (non-hydrogen) atoms. The molecule has 0 spiro atoms. The van der Waals surface area contributed by atoms with Crippen LogP contribution in [0.5, 0.6) is 5.75 Å². The van der Waals surface area contributed by atoms with Crippen LogP contribution in [-0.4, -0.2) is 22.7 Å². The van der Waals surface area contributed by atoms with Crippen molar-refractivity contribution in [1.82, 2.24) is 4.98 Å². The van der Waals surface area contributed by atoms with Crippen LogP contribution < -0.4 is 4.74 Å². The number of hydrogen-bond donors (Lipinski definition) is 1. The lowest BCUT2D eigenvalue weighted by Crippen LogP contribution is -2.10. The summed E-state index contributed by atoms with van der Waals surface area (Å²) in [6.07, 6.45) is -0.537. The van der Waals surface area contributed by atoms with Gasteiger partial charge in [-0.3, -0.25) is 4.79 Å². The molecule has 0 saturated heterocycles. The topological polar surface area (TPSA) is 81.8 Å². The molecule has 0 fully saturated rings. The van der Waals surface area contributed by atoms with Crippen molar-refractivity contribution in [2.45, 2.75) is 33.0 Å². The zero-order chi connectivity index (χ0) is 19.2. The van der Waals surface area contributed by atoms with Crippen molar-refractivity contribution in [1.29, 1.82) is 0 Å². The quantitative estimate of drug-likeness (QED) is 0.566. The van der Waals surface area contributed by atoms with E-state index in [0.29, 0.717) is 24.9 Å². The highest BCUT2D eigenvalue weighted by Gasteiger charge is 2.16. The lowest BCUT2D eigenvalue weighted by atomic mass is 10.1. The van der Waals surface area contributed by atoms with Gasteiger partial charge < -0.3 is 19.0 Å². The summed E-state index contributed by atoms with van der Waals surface area (Å²) in [7, 11) is 0. The predicted octanol–water partition coefficient (Wildman–Crippen LogP) is 4.84. The number of ether oxygens (including phenoxy) is 2. The molecular formula is C20H21NO5S. The molecule has 0 bridgehead atoms. The smallest absolute Gasteiger partial charge is 0.306 e. The minimum Gasteiger partial charge on any atom is -0.487 e. The minimum absolute atomic E-state index is 0.0718. The number of aromatic nitrogens is 1. The number of aliphatic carboxylic acids is 1. The number of thiophene rings is 1. The predicted molar refractivity (Wildman–Crippen MR) is 102 cm³/mol. The van der Waals surface area contributed by atoms with Crippen LogP contribution in [0.4, 0.5) is 0 Å². The van der Waals surface area contributed by atoms with Gasteiger partial charge in [0.15, 0.2) is 0 Å². The summed E-state index contributed by atoms with van der Waals surface area (Å²) in [4.78, 5) is 16.5. The lowest BCUT2D eigenvalue weighted by molar-refractivity contribution is -0.140. The Balaban J connectivity index is 1.64. The maximum atomic E-state index is 11.0. The van der Waals surface area contributed by atoms with Gasteiger partial charge in [0, 0.05) is 6.61 Å². The fraction of sp³-hybridized carbons (Fsp3) is 0.300. The van der Waals surface area contributed by atoms with Gasteiger partial charge in [-0.25, -0.2) is 4.98 Å². The molecule has 3 rings (SSSR count). The number of hydrogen-bond acceptors (Lipinski definition) is 6. The van der Waals surface area contributed by atoms with Gasteiger partial charge in [0.2, 0.25) is 5.89 Å². The molecule has 1 atom stereocenters. The molecule has 142 valence electrons. The van der Waals surface area contributed by atoms with Gasteiger partial charge >= 0.3 is 5.97 Å². The van der Waals surface area contributed by atoms with Crippen LogP contribution in [0.15, 0.2) is 46.2 Å². The van der Waals surface area contributed by atoms with E-state index in [9.17, 15) is 4.79 Å². The van der Waals surface area contributed by atoms with Crippen molar-refractivity contribution >= 4 is 17.3 Å². The summed E-state index contributed by atoms with van der Waals surface area (Å²) in [5.41, 5.74) is 1.56. The number of rotatable bonds is 9. The average molecular weight is 387 g/mol. The second-order valence-electron chi connectivity index (χ2n) is 5.90. The Hall–Kier alpha value is -2.64. The summed E-state index contributed by atoms with van der Waals surface area (Å²) in [6.45, 7) is 4.46. The van der Waals surface area contributed by atoms with Gasteiger partial charge in [0.1, 0.15) is 23.8 Å². The van der Waals surface area contributed by atoms with Crippen molar-refractivity contribution in [3.63, 3.8) is 0 Å². The van der Waals surface area contributed by atoms with E-state index < -0.39 is 12.1 Å². The molecule has 2 heterocycles. The zero-order valence-electron chi connectivity index (χ0n) is 15.2. The number of carbonyl (C=O) groups is 1. The standard InChI is InChI=1S/C20H21NO5S/c1-3-24-17(11-19(22)23)14-6-8-15(9-7-14)25-12-16-13(2)26-20(21-16)18-5-4-10-27-18/h4-10,17H,3,11-12H2,1-2H3,(H,22,23). The van der Waals surface area contributed by atoms with Crippen molar-refractivity contribution in [3.8, 4) is 16.5 Å². The van der Waals surface area contributed by atoms with Crippen molar-refractivity contribution < 1.29 is 23.8 Å². The minimum atomic E-state index is -0.892. The first-order valence-corrected chi connectivity index (χ1v) is 9.51. The van der Waals surface area contributed by atoms with Crippen molar-refractivity contribution in [2.75, 3.05) is 6.61 Å². The molecule has 2 aromatic heterocycles. The third-order valence-corrected chi connectivity index (χ3v) is 4.84. The first kappa shape index (κ1) is 19.1. The summed E-state index contributed by atoms with van der Waals surface area (Å²) in [6, 6.07) is 11.2. The van der Waals surface area contributed by atoms with Crippen LogP contribution in [0, 0.1) is 6.92 Å². The lowest BCUT2D eigenvalue weighted by Gasteiger charge is -2.15. The number of aryl methyl sites for hydroxylation is 1. The molecule has 0 saturated carbocycles. The Labute approximate surface area is 161 Å². The Kier molecular flexibility index (Phi) is 6.26. The molecule has 0 aliphatic rings. The van der Waals surface area contributed by atoms with Crippen molar-refractivity contribution in [3.05, 3.63) is 58.8 Å². The van der Waals surface area contributed by atoms with Gasteiger partial charge in [-0.05, 0) is 43.0 Å². The Morgan fingerprint density at radius 2 is 2.07 bits per heavy atom. The van der Waals surface area contributed by atoms with Gasteiger partial charge in [0.05, 0.1) is 17.4 Å². The van der Waals surface area contributed by atoms with Gasteiger partial charge in [0.25, 0.3) is 0 Å². The van der Waals surface area contributed by atoms with E-state index in [1.165, 1.54) is 0 Å². The molecule has 1 N–H and O–H groups in total. The second kappa shape index (κ2) is 8.83. The first-order chi connectivity index (χ1) is 13.1. The number of carboxylic acid groups (broad SMARTS) is 1. The molecule has 0 aliphatic heterocycles. The summed E-state index contributed by atoms with van der Waals surface area (Å²) in [5.74, 6) is 1.11. The van der Waals surface area contributed by atoms with E-state index in [1.54, 1.807) is 23.5 Å². The van der Waals surface area contributed by atoms with Crippen molar-refractivity contribution in [2.24, 2.45) is 0 Å². The highest BCUT2D eigenvalue weighted by Crippen LogP contribution is 2.27. The zero-order valence-corrected chi connectivity index (χ0v) is 16.0. The Morgan fingerprint density at radius 3 is 2.70 bits per heavy atom. The van der Waals surface area contributed by atoms with E-state index in [4.69, 9.17) is 19.0 Å². The van der Waals surface area contributed by atoms with Crippen LogP contribution in [0.2, 0.25) is 0 Å². The van der Waals surface area contributed by atoms with Crippen LogP contribution in [0.3, 0.4) is 0 Å². The second-order valence-corrected chi connectivity index (χ2v) is 6.85. The maximum Gasteiger partial charge on any atom is 0.306 e. The Bertz CT molecular complexity index is 870. The van der Waals surface area contributed by atoms with Gasteiger partial charge in [-0.15, -0.1) is 11.3 Å². The molecular weight excluding hydrogens is 366 g/mol. The average Bonchev–Trinajstić information content (AvgIpc) is 3.29. The molecule has 1 unspecified atom stereocenters. The summed E-state index contributed by atoms with van der Waals surface area (Å²) in [5, 5.41) is 11.0. The molecule has 1 aromatic carbocycles. The maximum absolute atomic E-state index is 11.0. The number of nitrogens with zero attached hydrogens (tertiary/aromatic N) is 1. The SMILES string of the molecule is CCOC(CC(=O)O)c1ccc(OCc2nc(-c3cccs3)oc2C)cc1. The van der Waals surface area contributed by atoms with E-state index >= 15 is 0 Å². The molecule has 0 radical (unpaired) electrons. The van der Waals surface area contributed by atoms with Gasteiger partial charge in [-0.1, -0.05) is 18.2 Å². The normalized spacial score (nSPS) is 12.1. The molecule has 3 aromatic rings. The highest BCUT2D eigenvalue weighted by molar-refractivity contribution is 7.13. The van der Waals surface area contributed by atoms with E-state index in [-0.39, 0.29) is 6.42 Å². The van der Waals surface area contributed by atoms with Crippen LogP contribution >= 0.6 is 11.3 Å². The van der Waals surface area contributed by atoms with Crippen LogP contribution in [-0.2, 0) is 16.1 Å². The number of benzene rings is 1. The summed E-state index contributed by atoms with van der Waals surface area (Å²) >= 11 is 1.57. The van der Waals surface area contributed by atoms with E-state index in [2.05, 4.69) is 4.98 Å². The highest BCUT2D eigenvalue weighted by atomic mass is 32.1. The molecule has 0 amide bonds. The number of oxazole rings is 1. The third-order valence-electron chi connectivity index (χ3n) is 3.98. The third kappa shape index (κ3) is 4.96. The molecule has 0 aliphatic carbocycles. The molecule has 6 nitrogen and oxygen atoms in total. The van der Waals surface area contributed by atoms with Crippen LogP contribution in [0.25, 0.3) is 10.8 Å². The monoisotopic (exact) mass is 387 g/mol. The number of carboxylic acids is 1. The van der Waals surface area contributed by atoms with E-state index in [0.717, 1.165) is 21.9 Å². The fourth-order valence-electron chi connectivity index (χ4n) is 2.63.